The Bertz CT molecular complexity index is 560. The van der Waals surface area contributed by atoms with Crippen molar-refractivity contribution in [3.63, 3.8) is 0 Å². The fourth-order valence-corrected chi connectivity index (χ4v) is 5.41. The number of aliphatic hydroxyl groups is 1. The summed E-state index contributed by atoms with van der Waals surface area (Å²) in [6.07, 6.45) is 8.30. The van der Waals surface area contributed by atoms with E-state index in [1.54, 1.807) is 25.3 Å². The second kappa shape index (κ2) is 8.04. The van der Waals surface area contributed by atoms with E-state index in [0.717, 1.165) is 31.3 Å². The van der Waals surface area contributed by atoms with Gasteiger partial charge in [-0.25, -0.2) is 4.99 Å². The van der Waals surface area contributed by atoms with Gasteiger partial charge in [-0.2, -0.15) is 11.8 Å². The molecule has 1 saturated heterocycles. The average molecular weight is 366 g/mol. The minimum Gasteiger partial charge on any atom is -0.466 e. The van der Waals surface area contributed by atoms with Gasteiger partial charge in [0, 0.05) is 30.1 Å². The van der Waals surface area contributed by atoms with Crippen LogP contribution >= 0.6 is 11.8 Å². The van der Waals surface area contributed by atoms with Crippen molar-refractivity contribution in [2.24, 2.45) is 4.99 Å². The summed E-state index contributed by atoms with van der Waals surface area (Å²) in [6.45, 7) is 7.05. The summed E-state index contributed by atoms with van der Waals surface area (Å²) < 4.78 is 5.77. The maximum absolute atomic E-state index is 10.7. The van der Waals surface area contributed by atoms with Gasteiger partial charge in [-0.05, 0) is 38.8 Å². The monoisotopic (exact) mass is 365 g/mol. The first-order valence-corrected chi connectivity index (χ1v) is 10.5. The number of hydrogen-bond acceptors (Lipinski definition) is 4. The van der Waals surface area contributed by atoms with E-state index in [0.29, 0.717) is 17.1 Å². The van der Waals surface area contributed by atoms with Crippen molar-refractivity contribution >= 4 is 17.7 Å². The molecule has 2 aliphatic rings. The highest BCUT2D eigenvalue weighted by atomic mass is 32.2. The van der Waals surface area contributed by atoms with Crippen LogP contribution in [0.3, 0.4) is 0 Å². The Morgan fingerprint density at radius 1 is 1.44 bits per heavy atom. The number of aliphatic imine (C=N–C) groups is 1. The van der Waals surface area contributed by atoms with Gasteiger partial charge in [0.05, 0.1) is 12.8 Å². The highest BCUT2D eigenvalue weighted by molar-refractivity contribution is 8.00. The summed E-state index contributed by atoms with van der Waals surface area (Å²) in [7, 11) is 0. The lowest BCUT2D eigenvalue weighted by Crippen LogP contribution is -2.53. The van der Waals surface area contributed by atoms with E-state index in [4.69, 9.17) is 9.41 Å². The number of thioether (sulfide) groups is 1. The summed E-state index contributed by atoms with van der Waals surface area (Å²) >= 11 is 2.16. The van der Waals surface area contributed by atoms with Gasteiger partial charge in [0.1, 0.15) is 11.4 Å². The number of guanidine groups is 1. The molecule has 2 N–H and O–H groups in total. The van der Waals surface area contributed by atoms with E-state index in [2.05, 4.69) is 28.9 Å². The van der Waals surface area contributed by atoms with Gasteiger partial charge in [0.15, 0.2) is 5.96 Å². The predicted octanol–water partition coefficient (Wildman–Crippen LogP) is 3.20. The highest BCUT2D eigenvalue weighted by Gasteiger charge is 2.38. The molecule has 5 nitrogen and oxygen atoms in total. The SMILES string of the molecule is CCNC(=NCC(C)(O)c1ccco1)N1CCSC2(CCCCC2)C1. The van der Waals surface area contributed by atoms with E-state index in [9.17, 15) is 5.11 Å². The Morgan fingerprint density at radius 3 is 2.92 bits per heavy atom. The summed E-state index contributed by atoms with van der Waals surface area (Å²) in [5.74, 6) is 2.63. The van der Waals surface area contributed by atoms with Crippen molar-refractivity contribution in [1.82, 2.24) is 10.2 Å². The molecule has 1 aromatic rings. The summed E-state index contributed by atoms with van der Waals surface area (Å²) in [5, 5.41) is 14.1. The van der Waals surface area contributed by atoms with Gasteiger partial charge in [-0.15, -0.1) is 0 Å². The van der Waals surface area contributed by atoms with Gasteiger partial charge in [0.2, 0.25) is 0 Å². The zero-order chi connectivity index (χ0) is 17.8. The molecule has 1 spiro atoms. The molecule has 1 saturated carbocycles. The quantitative estimate of drug-likeness (QED) is 0.634. The number of rotatable bonds is 4. The zero-order valence-electron chi connectivity index (χ0n) is 15.5. The fraction of sp³-hybridized carbons (Fsp3) is 0.737. The Labute approximate surface area is 155 Å². The standard InChI is InChI=1S/C19H31N3O2S/c1-3-20-17(21-14-18(2,23)16-8-7-12-24-16)22-11-13-25-19(15-22)9-5-4-6-10-19/h7-8,12,23H,3-6,9-11,13-15H2,1-2H3,(H,20,21). The third kappa shape index (κ3) is 4.53. The first-order valence-electron chi connectivity index (χ1n) is 9.48. The largest absolute Gasteiger partial charge is 0.466 e. The molecule has 1 aromatic heterocycles. The lowest BCUT2D eigenvalue weighted by atomic mass is 9.87. The molecule has 1 aliphatic carbocycles. The highest BCUT2D eigenvalue weighted by Crippen LogP contribution is 2.42. The van der Waals surface area contributed by atoms with Crippen LogP contribution in [-0.4, -0.2) is 52.6 Å². The van der Waals surface area contributed by atoms with Crippen LogP contribution < -0.4 is 5.32 Å². The predicted molar refractivity (Wildman–Crippen MR) is 104 cm³/mol. The fourth-order valence-electron chi connectivity index (χ4n) is 3.84. The van der Waals surface area contributed by atoms with Gasteiger partial charge >= 0.3 is 0 Å². The first-order chi connectivity index (χ1) is 12.0. The molecular formula is C19H31N3O2S. The second-order valence-electron chi connectivity index (χ2n) is 7.44. The minimum atomic E-state index is -1.09. The molecule has 2 fully saturated rings. The number of hydrogen-bond donors (Lipinski definition) is 2. The lowest BCUT2D eigenvalue weighted by Gasteiger charge is -2.45. The van der Waals surface area contributed by atoms with Crippen LogP contribution in [0.4, 0.5) is 0 Å². The second-order valence-corrected chi connectivity index (χ2v) is 9.00. The van der Waals surface area contributed by atoms with Crippen LogP contribution in [0.2, 0.25) is 0 Å². The Morgan fingerprint density at radius 2 is 2.24 bits per heavy atom. The zero-order valence-corrected chi connectivity index (χ0v) is 16.3. The molecule has 1 atom stereocenters. The number of furan rings is 1. The molecule has 2 heterocycles. The van der Waals surface area contributed by atoms with Gasteiger partial charge in [-0.3, -0.25) is 0 Å². The van der Waals surface area contributed by atoms with Crippen molar-refractivity contribution in [3.05, 3.63) is 24.2 Å². The third-order valence-electron chi connectivity index (χ3n) is 5.24. The van der Waals surface area contributed by atoms with E-state index in [1.807, 2.05) is 0 Å². The van der Waals surface area contributed by atoms with E-state index < -0.39 is 5.60 Å². The lowest BCUT2D eigenvalue weighted by molar-refractivity contribution is 0.0434. The summed E-state index contributed by atoms with van der Waals surface area (Å²) in [6, 6.07) is 3.60. The van der Waals surface area contributed by atoms with Crippen LogP contribution in [0, 0.1) is 0 Å². The molecule has 140 valence electrons. The molecule has 1 unspecified atom stereocenters. The molecule has 0 amide bonds. The number of nitrogens with zero attached hydrogens (tertiary/aromatic N) is 2. The normalized spacial score (nSPS) is 23.5. The van der Waals surface area contributed by atoms with Crippen LogP contribution in [0.25, 0.3) is 0 Å². The third-order valence-corrected chi connectivity index (χ3v) is 6.77. The first kappa shape index (κ1) is 18.6. The Balaban J connectivity index is 1.71. The maximum atomic E-state index is 10.7. The van der Waals surface area contributed by atoms with E-state index >= 15 is 0 Å². The van der Waals surface area contributed by atoms with Gasteiger partial charge in [0.25, 0.3) is 0 Å². The minimum absolute atomic E-state index is 0.291. The van der Waals surface area contributed by atoms with Gasteiger partial charge in [-0.1, -0.05) is 19.3 Å². The molecule has 1 aliphatic heterocycles. The molecule has 3 rings (SSSR count). The van der Waals surface area contributed by atoms with Crippen LogP contribution in [0.1, 0.15) is 51.7 Å². The van der Waals surface area contributed by atoms with Crippen molar-refractivity contribution < 1.29 is 9.52 Å². The molecule has 25 heavy (non-hydrogen) atoms. The van der Waals surface area contributed by atoms with Crippen LogP contribution in [0.5, 0.6) is 0 Å². The topological polar surface area (TPSA) is 61.0 Å². The molecule has 0 radical (unpaired) electrons. The molecule has 0 bridgehead atoms. The van der Waals surface area contributed by atoms with Crippen LogP contribution in [-0.2, 0) is 5.60 Å². The van der Waals surface area contributed by atoms with Crippen molar-refractivity contribution in [3.8, 4) is 0 Å². The smallest absolute Gasteiger partial charge is 0.194 e. The summed E-state index contributed by atoms with van der Waals surface area (Å²) in [5.41, 5.74) is -1.09. The van der Waals surface area contributed by atoms with Crippen molar-refractivity contribution in [2.75, 3.05) is 31.9 Å². The Kier molecular flexibility index (Phi) is 6.00. The Hall–Kier alpha value is -1.14. The maximum Gasteiger partial charge on any atom is 0.194 e. The molecule has 6 heteroatoms. The van der Waals surface area contributed by atoms with Crippen molar-refractivity contribution in [1.29, 1.82) is 0 Å². The number of nitrogens with one attached hydrogen (secondary N) is 1. The summed E-state index contributed by atoms with van der Waals surface area (Å²) in [4.78, 5) is 7.15. The van der Waals surface area contributed by atoms with Crippen LogP contribution in [0.15, 0.2) is 27.8 Å². The van der Waals surface area contributed by atoms with E-state index in [-0.39, 0.29) is 0 Å². The van der Waals surface area contributed by atoms with E-state index in [1.165, 1.54) is 32.1 Å². The molecule has 0 aromatic carbocycles. The average Bonchev–Trinajstić information content (AvgIpc) is 3.15. The van der Waals surface area contributed by atoms with Crippen molar-refractivity contribution in [2.45, 2.75) is 56.3 Å². The van der Waals surface area contributed by atoms with Gasteiger partial charge < -0.3 is 19.7 Å². The molecular weight excluding hydrogens is 334 g/mol.